The molecule has 4 atom stereocenters. The Labute approximate surface area is 109 Å². The van der Waals surface area contributed by atoms with E-state index in [1.54, 1.807) is 32.1 Å². The van der Waals surface area contributed by atoms with Crippen molar-refractivity contribution < 1.29 is 0 Å². The summed E-state index contributed by atoms with van der Waals surface area (Å²) in [5.41, 5.74) is 1.40. The van der Waals surface area contributed by atoms with Gasteiger partial charge in [-0.15, -0.1) is 0 Å². The molecule has 3 aliphatic carbocycles. The van der Waals surface area contributed by atoms with Gasteiger partial charge in [-0.1, -0.05) is 32.4 Å². The molecule has 0 nitrogen and oxygen atoms in total. The molecule has 0 radical (unpaired) electrons. The molecule has 0 aliphatic heterocycles. The largest absolute Gasteiger partial charge is 0.100 e. The molecule has 0 N–H and O–H groups in total. The minimum Gasteiger partial charge on any atom is -0.0769 e. The fourth-order valence-corrected chi connectivity index (χ4v) is 4.98. The Bertz CT molecular complexity index is 334. The van der Waals surface area contributed by atoms with Gasteiger partial charge in [0.15, 0.2) is 0 Å². The minimum absolute atomic E-state index is 0.496. The second-order valence-electron chi connectivity index (χ2n) is 8.50. The monoisotopic (exact) mass is 230 g/mol. The van der Waals surface area contributed by atoms with Gasteiger partial charge in [0.2, 0.25) is 0 Å². The molecule has 3 rings (SSSR count). The average Bonchev–Trinajstić information content (AvgIpc) is 2.98. The Hall–Kier alpha value is 0.130. The van der Waals surface area contributed by atoms with Crippen LogP contribution in [0.15, 0.2) is 0 Å². The van der Waals surface area contributed by atoms with E-state index in [2.05, 4.69) is 36.5 Å². The average molecular weight is 230 g/mol. The van der Waals surface area contributed by atoms with Gasteiger partial charge >= 0.3 is 0 Å². The highest BCUT2D eigenvalue weighted by molar-refractivity contribution is 6.40. The molecule has 4 unspecified atom stereocenters. The SMILES string of the molecule is BC(B)(C1CC2CCC23CC3C1)C(C)(C)CC. The van der Waals surface area contributed by atoms with Crippen molar-refractivity contribution in [2.45, 2.75) is 64.5 Å². The van der Waals surface area contributed by atoms with E-state index in [0.717, 1.165) is 23.2 Å². The van der Waals surface area contributed by atoms with E-state index in [-0.39, 0.29) is 0 Å². The number of rotatable bonds is 3. The van der Waals surface area contributed by atoms with E-state index in [4.69, 9.17) is 0 Å². The molecule has 0 aromatic heterocycles. The summed E-state index contributed by atoms with van der Waals surface area (Å²) >= 11 is 0. The van der Waals surface area contributed by atoms with Crippen molar-refractivity contribution in [2.75, 3.05) is 0 Å². The van der Waals surface area contributed by atoms with Gasteiger partial charge < -0.3 is 0 Å². The lowest BCUT2D eigenvalue weighted by molar-refractivity contribution is 0.0360. The highest BCUT2D eigenvalue weighted by Gasteiger charge is 2.67. The molecule has 3 fully saturated rings. The molecule has 3 saturated carbocycles. The summed E-state index contributed by atoms with van der Waals surface area (Å²) in [4.78, 5) is 0. The van der Waals surface area contributed by atoms with E-state index in [0.29, 0.717) is 10.6 Å². The fourth-order valence-electron chi connectivity index (χ4n) is 4.98. The maximum Gasteiger partial charge on any atom is 0.100 e. The van der Waals surface area contributed by atoms with Gasteiger partial charge in [0.05, 0.1) is 0 Å². The molecule has 0 aromatic rings. The van der Waals surface area contributed by atoms with Gasteiger partial charge in [-0.3, -0.25) is 0 Å². The first-order valence-corrected chi connectivity index (χ1v) is 7.83. The zero-order chi connectivity index (χ0) is 12.5. The maximum atomic E-state index is 2.55. The molecular weight excluding hydrogens is 202 g/mol. The van der Waals surface area contributed by atoms with Gasteiger partial charge in [0, 0.05) is 0 Å². The standard InChI is InChI=1S/C15H28B2/c1-4-13(2,3)15(16,17)11-7-10-5-6-14(10)9-12(14)8-11/h10-12H,4-9,16-17H2,1-3H3. The van der Waals surface area contributed by atoms with Crippen LogP contribution in [0.25, 0.3) is 0 Å². The van der Waals surface area contributed by atoms with Gasteiger partial charge in [0.25, 0.3) is 0 Å². The normalized spacial score (nSPS) is 44.5. The lowest BCUT2D eigenvalue weighted by Crippen LogP contribution is -2.44. The summed E-state index contributed by atoms with van der Waals surface area (Å²) in [6, 6.07) is 0. The molecule has 1 spiro atoms. The predicted octanol–water partition coefficient (Wildman–Crippen LogP) is 2.63. The van der Waals surface area contributed by atoms with Crippen LogP contribution < -0.4 is 0 Å². The lowest BCUT2D eigenvalue weighted by atomic mass is 9.35. The Morgan fingerprint density at radius 1 is 1.18 bits per heavy atom. The van der Waals surface area contributed by atoms with Gasteiger partial charge in [-0.05, 0) is 60.7 Å². The minimum atomic E-state index is 0.496. The van der Waals surface area contributed by atoms with E-state index >= 15 is 0 Å². The first-order valence-electron chi connectivity index (χ1n) is 7.83. The third kappa shape index (κ3) is 1.45. The van der Waals surface area contributed by atoms with Crippen LogP contribution in [0.5, 0.6) is 0 Å². The second kappa shape index (κ2) is 3.36. The van der Waals surface area contributed by atoms with Crippen molar-refractivity contribution in [1.82, 2.24) is 0 Å². The van der Waals surface area contributed by atoms with Crippen LogP contribution >= 0.6 is 0 Å². The van der Waals surface area contributed by atoms with E-state index in [9.17, 15) is 0 Å². The molecule has 0 aromatic carbocycles. The Kier molecular flexibility index (Phi) is 2.41. The summed E-state index contributed by atoms with van der Waals surface area (Å²) in [5.74, 6) is 3.24. The van der Waals surface area contributed by atoms with Crippen LogP contribution in [0.3, 0.4) is 0 Å². The molecule has 2 heteroatoms. The summed E-state index contributed by atoms with van der Waals surface area (Å²) in [6.45, 7) is 7.35. The van der Waals surface area contributed by atoms with Crippen molar-refractivity contribution in [2.24, 2.45) is 28.6 Å². The molecule has 17 heavy (non-hydrogen) atoms. The predicted molar refractivity (Wildman–Crippen MR) is 79.8 cm³/mol. The Balaban J connectivity index is 1.77. The van der Waals surface area contributed by atoms with Crippen molar-refractivity contribution in [3.63, 3.8) is 0 Å². The van der Waals surface area contributed by atoms with Gasteiger partial charge in [-0.25, -0.2) is 0 Å². The molecule has 0 bridgehead atoms. The summed E-state index contributed by atoms with van der Waals surface area (Å²) < 4.78 is 0. The number of hydrogen-bond acceptors (Lipinski definition) is 0. The Morgan fingerprint density at radius 2 is 1.82 bits per heavy atom. The highest BCUT2D eigenvalue weighted by Crippen LogP contribution is 2.76. The van der Waals surface area contributed by atoms with Crippen LogP contribution in [0.2, 0.25) is 5.21 Å². The Morgan fingerprint density at radius 3 is 2.29 bits per heavy atom. The third-order valence-corrected chi connectivity index (χ3v) is 7.84. The zero-order valence-electron chi connectivity index (χ0n) is 12.5. The van der Waals surface area contributed by atoms with E-state index < -0.39 is 0 Å². The number of hydrogen-bond donors (Lipinski definition) is 0. The smallest absolute Gasteiger partial charge is 0.0769 e. The molecular formula is C15H28B2. The van der Waals surface area contributed by atoms with Crippen molar-refractivity contribution in [1.29, 1.82) is 0 Å². The van der Waals surface area contributed by atoms with E-state index in [1.807, 2.05) is 0 Å². The summed E-state index contributed by atoms with van der Waals surface area (Å²) in [5, 5.41) is 0.520. The zero-order valence-corrected chi connectivity index (χ0v) is 12.5. The third-order valence-electron chi connectivity index (χ3n) is 7.84. The van der Waals surface area contributed by atoms with Crippen molar-refractivity contribution >= 4 is 15.7 Å². The summed E-state index contributed by atoms with van der Waals surface area (Å²) in [7, 11) is 5.10. The molecule has 94 valence electrons. The fraction of sp³-hybridized carbons (Fsp3) is 1.00. The van der Waals surface area contributed by atoms with Crippen LogP contribution in [-0.2, 0) is 0 Å². The lowest BCUT2D eigenvalue weighted by Gasteiger charge is -2.54. The van der Waals surface area contributed by atoms with Crippen LogP contribution in [0.4, 0.5) is 0 Å². The second-order valence-corrected chi connectivity index (χ2v) is 8.50. The highest BCUT2D eigenvalue weighted by atomic mass is 14.7. The van der Waals surface area contributed by atoms with Crippen molar-refractivity contribution in [3.05, 3.63) is 0 Å². The quantitative estimate of drug-likeness (QED) is 0.653. The molecule has 0 amide bonds. The molecule has 3 aliphatic rings. The van der Waals surface area contributed by atoms with Crippen LogP contribution in [0.1, 0.15) is 59.3 Å². The van der Waals surface area contributed by atoms with Crippen LogP contribution in [-0.4, -0.2) is 15.7 Å². The van der Waals surface area contributed by atoms with Crippen LogP contribution in [0, 0.1) is 28.6 Å². The topological polar surface area (TPSA) is 0 Å². The van der Waals surface area contributed by atoms with Crippen molar-refractivity contribution in [3.8, 4) is 0 Å². The maximum absolute atomic E-state index is 2.55. The van der Waals surface area contributed by atoms with Gasteiger partial charge in [0.1, 0.15) is 15.7 Å². The van der Waals surface area contributed by atoms with E-state index in [1.165, 1.54) is 6.42 Å². The first-order chi connectivity index (χ1) is 7.83. The molecule has 0 heterocycles. The van der Waals surface area contributed by atoms with Gasteiger partial charge in [-0.2, -0.15) is 0 Å². The molecule has 0 saturated heterocycles. The first kappa shape index (κ1) is 12.2. The summed E-state index contributed by atoms with van der Waals surface area (Å²) in [6.07, 6.45) is 9.13.